The van der Waals surface area contributed by atoms with E-state index in [0.717, 1.165) is 42.8 Å². The van der Waals surface area contributed by atoms with Crippen molar-refractivity contribution in [1.29, 1.82) is 0 Å². The third-order valence-electron chi connectivity index (χ3n) is 5.29. The van der Waals surface area contributed by atoms with Crippen molar-refractivity contribution in [3.63, 3.8) is 0 Å². The molecule has 0 saturated carbocycles. The molecule has 1 saturated heterocycles. The molecule has 1 aliphatic heterocycles. The molecule has 0 bridgehead atoms. The molecular weight excluding hydrogens is 348 g/mol. The predicted octanol–water partition coefficient (Wildman–Crippen LogP) is 3.42. The van der Waals surface area contributed by atoms with Crippen LogP contribution in [0.2, 0.25) is 0 Å². The topological polar surface area (TPSA) is 50.2 Å². The first-order chi connectivity index (χ1) is 13.7. The summed E-state index contributed by atoms with van der Waals surface area (Å²) in [5.74, 6) is -0.0345. The number of benzene rings is 2. The summed E-state index contributed by atoms with van der Waals surface area (Å²) in [6, 6.07) is 20.3. The quantitative estimate of drug-likeness (QED) is 0.744. The summed E-state index contributed by atoms with van der Waals surface area (Å²) in [4.78, 5) is 15.4. The van der Waals surface area contributed by atoms with Crippen LogP contribution in [0.5, 0.6) is 0 Å². The van der Waals surface area contributed by atoms with Crippen LogP contribution >= 0.6 is 0 Å². The fraction of sp³-hybridized carbons (Fsp3) is 0.304. The van der Waals surface area contributed by atoms with E-state index < -0.39 is 0 Å². The lowest BCUT2D eigenvalue weighted by molar-refractivity contribution is 0.0917. The smallest absolute Gasteiger partial charge is 0.255 e. The van der Waals surface area contributed by atoms with Gasteiger partial charge in [-0.15, -0.1) is 0 Å². The standard InChI is InChI=1S/C23H26N4O/c1-26-14-12-20(13-15-26)24-23(28)21-17-27(16-18-8-4-2-5-9-18)25-22(21)19-10-6-3-7-11-19/h2-11,17,20H,12-16H2,1H3,(H,24,28). The maximum Gasteiger partial charge on any atom is 0.255 e. The van der Waals surface area contributed by atoms with Gasteiger partial charge >= 0.3 is 0 Å². The number of nitrogens with zero attached hydrogens (tertiary/aromatic N) is 3. The highest BCUT2D eigenvalue weighted by Crippen LogP contribution is 2.23. The van der Waals surface area contributed by atoms with Crippen LogP contribution in [-0.2, 0) is 6.54 Å². The summed E-state index contributed by atoms with van der Waals surface area (Å²) >= 11 is 0. The maximum atomic E-state index is 13.1. The van der Waals surface area contributed by atoms with Crippen molar-refractivity contribution < 1.29 is 4.79 Å². The van der Waals surface area contributed by atoms with Crippen LogP contribution < -0.4 is 5.32 Å². The van der Waals surface area contributed by atoms with Gasteiger partial charge in [-0.05, 0) is 38.5 Å². The monoisotopic (exact) mass is 374 g/mol. The molecular formula is C23H26N4O. The van der Waals surface area contributed by atoms with Gasteiger partial charge in [0.05, 0.1) is 12.1 Å². The Kier molecular flexibility index (Phi) is 5.53. The molecule has 0 aliphatic carbocycles. The van der Waals surface area contributed by atoms with Gasteiger partial charge in [0.25, 0.3) is 5.91 Å². The number of carbonyl (C=O) groups excluding carboxylic acids is 1. The Labute approximate surface area is 166 Å². The van der Waals surface area contributed by atoms with Gasteiger partial charge in [-0.1, -0.05) is 60.7 Å². The average Bonchev–Trinajstić information content (AvgIpc) is 3.15. The van der Waals surface area contributed by atoms with Crippen LogP contribution in [0.15, 0.2) is 66.9 Å². The second kappa shape index (κ2) is 8.40. The van der Waals surface area contributed by atoms with Crippen LogP contribution in [0.4, 0.5) is 0 Å². The fourth-order valence-electron chi connectivity index (χ4n) is 3.66. The van der Waals surface area contributed by atoms with Gasteiger partial charge in [-0.25, -0.2) is 0 Å². The highest BCUT2D eigenvalue weighted by Gasteiger charge is 2.23. The molecule has 0 spiro atoms. The van der Waals surface area contributed by atoms with Crippen molar-refractivity contribution in [2.24, 2.45) is 0 Å². The molecule has 4 rings (SSSR count). The Bertz CT molecular complexity index is 912. The van der Waals surface area contributed by atoms with Crippen LogP contribution in [0.3, 0.4) is 0 Å². The SMILES string of the molecule is CN1CCC(NC(=O)c2cn(Cc3ccccc3)nc2-c2ccccc2)CC1. The average molecular weight is 374 g/mol. The molecule has 144 valence electrons. The van der Waals surface area contributed by atoms with Gasteiger partial charge < -0.3 is 10.2 Å². The van der Waals surface area contributed by atoms with Crippen molar-refractivity contribution in [3.8, 4) is 11.3 Å². The molecule has 1 fully saturated rings. The number of hydrogen-bond donors (Lipinski definition) is 1. The lowest BCUT2D eigenvalue weighted by atomic mass is 10.0. The van der Waals surface area contributed by atoms with Gasteiger partial charge in [-0.3, -0.25) is 9.48 Å². The van der Waals surface area contributed by atoms with Crippen LogP contribution in [0.1, 0.15) is 28.8 Å². The van der Waals surface area contributed by atoms with Gasteiger partial charge in [0, 0.05) is 17.8 Å². The summed E-state index contributed by atoms with van der Waals surface area (Å²) < 4.78 is 1.86. The molecule has 0 atom stereocenters. The van der Waals surface area contributed by atoms with Gasteiger partial charge in [0.1, 0.15) is 5.69 Å². The zero-order valence-corrected chi connectivity index (χ0v) is 16.2. The second-order valence-corrected chi connectivity index (χ2v) is 7.49. The highest BCUT2D eigenvalue weighted by atomic mass is 16.1. The zero-order valence-electron chi connectivity index (χ0n) is 16.2. The minimum atomic E-state index is -0.0345. The van der Waals surface area contributed by atoms with Crippen molar-refractivity contribution in [2.75, 3.05) is 20.1 Å². The Hall–Kier alpha value is -2.92. The Morgan fingerprint density at radius 1 is 1.04 bits per heavy atom. The number of likely N-dealkylation sites (tertiary alicyclic amines) is 1. The van der Waals surface area contributed by atoms with Crippen molar-refractivity contribution in [1.82, 2.24) is 20.0 Å². The number of rotatable bonds is 5. The number of amides is 1. The first-order valence-electron chi connectivity index (χ1n) is 9.85. The Morgan fingerprint density at radius 2 is 1.68 bits per heavy atom. The molecule has 0 radical (unpaired) electrons. The number of carbonyl (C=O) groups is 1. The molecule has 2 aromatic carbocycles. The van der Waals surface area contributed by atoms with E-state index in [1.54, 1.807) is 0 Å². The molecule has 28 heavy (non-hydrogen) atoms. The minimum Gasteiger partial charge on any atom is -0.349 e. The minimum absolute atomic E-state index is 0.0345. The molecule has 1 aliphatic rings. The van der Waals surface area contributed by atoms with Crippen LogP contribution in [-0.4, -0.2) is 46.8 Å². The van der Waals surface area contributed by atoms with E-state index in [1.165, 1.54) is 0 Å². The summed E-state index contributed by atoms with van der Waals surface area (Å²) in [6.45, 7) is 2.68. The third-order valence-corrected chi connectivity index (χ3v) is 5.29. The van der Waals surface area contributed by atoms with E-state index in [1.807, 2.05) is 59.4 Å². The van der Waals surface area contributed by atoms with E-state index in [4.69, 9.17) is 5.10 Å². The fourth-order valence-corrected chi connectivity index (χ4v) is 3.66. The van der Waals surface area contributed by atoms with Crippen LogP contribution in [0.25, 0.3) is 11.3 Å². The number of hydrogen-bond acceptors (Lipinski definition) is 3. The molecule has 5 heteroatoms. The predicted molar refractivity (Wildman–Crippen MR) is 111 cm³/mol. The third kappa shape index (κ3) is 4.31. The molecule has 1 aromatic heterocycles. The largest absolute Gasteiger partial charge is 0.349 e. The highest BCUT2D eigenvalue weighted by molar-refractivity contribution is 6.00. The molecule has 1 amide bonds. The normalized spacial score (nSPS) is 15.5. The van der Waals surface area contributed by atoms with Crippen molar-refractivity contribution in [3.05, 3.63) is 78.0 Å². The van der Waals surface area contributed by atoms with E-state index in [0.29, 0.717) is 12.1 Å². The van der Waals surface area contributed by atoms with Gasteiger partial charge in [0.15, 0.2) is 0 Å². The van der Waals surface area contributed by atoms with Gasteiger partial charge in [0.2, 0.25) is 0 Å². The van der Waals surface area contributed by atoms with Crippen LogP contribution in [0, 0.1) is 0 Å². The Morgan fingerprint density at radius 3 is 2.36 bits per heavy atom. The molecule has 3 aromatic rings. The molecule has 1 N–H and O–H groups in total. The molecule has 2 heterocycles. The lowest BCUT2D eigenvalue weighted by Crippen LogP contribution is -2.43. The molecule has 5 nitrogen and oxygen atoms in total. The number of aromatic nitrogens is 2. The number of nitrogens with one attached hydrogen (secondary N) is 1. The number of piperidine rings is 1. The second-order valence-electron chi connectivity index (χ2n) is 7.49. The lowest BCUT2D eigenvalue weighted by Gasteiger charge is -2.29. The van der Waals surface area contributed by atoms with E-state index >= 15 is 0 Å². The summed E-state index contributed by atoms with van der Waals surface area (Å²) in [5.41, 5.74) is 3.50. The van der Waals surface area contributed by atoms with E-state index in [-0.39, 0.29) is 11.9 Å². The van der Waals surface area contributed by atoms with Crippen molar-refractivity contribution in [2.45, 2.75) is 25.4 Å². The zero-order chi connectivity index (χ0) is 19.3. The Balaban J connectivity index is 1.59. The maximum absolute atomic E-state index is 13.1. The van der Waals surface area contributed by atoms with E-state index in [2.05, 4.69) is 29.4 Å². The summed E-state index contributed by atoms with van der Waals surface area (Å²) in [6.07, 6.45) is 3.85. The summed E-state index contributed by atoms with van der Waals surface area (Å²) in [7, 11) is 2.12. The summed E-state index contributed by atoms with van der Waals surface area (Å²) in [5, 5.41) is 7.97. The van der Waals surface area contributed by atoms with E-state index in [9.17, 15) is 4.79 Å². The molecule has 0 unspecified atom stereocenters. The van der Waals surface area contributed by atoms with Gasteiger partial charge in [-0.2, -0.15) is 5.10 Å². The first-order valence-corrected chi connectivity index (χ1v) is 9.85. The first kappa shape index (κ1) is 18.4. The van der Waals surface area contributed by atoms with Crippen molar-refractivity contribution >= 4 is 5.91 Å².